The number of aryl methyl sites for hydroxylation is 1. The molecule has 0 fully saturated rings. The highest BCUT2D eigenvalue weighted by atomic mass is 16.3. The lowest BCUT2D eigenvalue weighted by molar-refractivity contribution is -0.131. The average Bonchev–Trinajstić information content (AvgIpc) is 3.41. The van der Waals surface area contributed by atoms with Crippen LogP contribution in [0.25, 0.3) is 0 Å². The van der Waals surface area contributed by atoms with Crippen molar-refractivity contribution in [1.82, 2.24) is 30.0 Å². The van der Waals surface area contributed by atoms with Gasteiger partial charge >= 0.3 is 0 Å². The standard InChI is InChI=1S/C20H20N6O4/c1-13-7-8-14(30-13)11-24(2)18(27)12-26-22-17(21-23-26)9-10-25-19(28)15-5-3-4-6-16(15)20(25)29/h3-8H,9-12H2,1-2H3. The summed E-state index contributed by atoms with van der Waals surface area (Å²) in [5, 5.41) is 12.0. The first-order valence-electron chi connectivity index (χ1n) is 9.43. The molecule has 0 atom stereocenters. The van der Waals surface area contributed by atoms with Gasteiger partial charge in [0.2, 0.25) is 5.91 Å². The second-order valence-electron chi connectivity index (χ2n) is 7.06. The minimum atomic E-state index is -0.326. The highest BCUT2D eigenvalue weighted by molar-refractivity contribution is 6.21. The molecule has 154 valence electrons. The Morgan fingerprint density at radius 2 is 1.80 bits per heavy atom. The number of aromatic nitrogens is 4. The number of fused-ring (bicyclic) bond motifs is 1. The van der Waals surface area contributed by atoms with E-state index in [-0.39, 0.29) is 37.2 Å². The molecule has 0 saturated carbocycles. The van der Waals surface area contributed by atoms with Gasteiger partial charge in [-0.25, -0.2) is 0 Å². The maximum atomic E-state index is 12.4. The third-order valence-electron chi connectivity index (χ3n) is 4.82. The average molecular weight is 408 g/mol. The third kappa shape index (κ3) is 3.84. The van der Waals surface area contributed by atoms with E-state index in [1.807, 2.05) is 19.1 Å². The van der Waals surface area contributed by atoms with Gasteiger partial charge < -0.3 is 9.32 Å². The van der Waals surface area contributed by atoms with Crippen molar-refractivity contribution in [3.8, 4) is 0 Å². The van der Waals surface area contributed by atoms with E-state index in [1.54, 1.807) is 31.3 Å². The Bertz CT molecular complexity index is 1080. The maximum absolute atomic E-state index is 12.4. The van der Waals surface area contributed by atoms with Crippen LogP contribution in [0.1, 0.15) is 38.1 Å². The summed E-state index contributed by atoms with van der Waals surface area (Å²) in [6, 6.07) is 10.4. The highest BCUT2D eigenvalue weighted by Crippen LogP contribution is 2.22. The molecule has 1 aliphatic heterocycles. The Balaban J connectivity index is 1.32. The van der Waals surface area contributed by atoms with Crippen LogP contribution in [-0.2, 0) is 24.3 Å². The van der Waals surface area contributed by atoms with Gasteiger partial charge in [0, 0.05) is 20.0 Å². The van der Waals surface area contributed by atoms with Gasteiger partial charge in [-0.3, -0.25) is 19.3 Å². The zero-order valence-electron chi connectivity index (χ0n) is 16.6. The minimum absolute atomic E-state index is 0.0732. The topological polar surface area (TPSA) is 114 Å². The van der Waals surface area contributed by atoms with Crippen LogP contribution in [0.4, 0.5) is 0 Å². The summed E-state index contributed by atoms with van der Waals surface area (Å²) in [7, 11) is 1.67. The lowest BCUT2D eigenvalue weighted by Gasteiger charge is -2.14. The van der Waals surface area contributed by atoms with Gasteiger partial charge in [-0.15, -0.1) is 10.2 Å². The first-order valence-corrected chi connectivity index (χ1v) is 9.43. The number of benzene rings is 1. The molecule has 1 aromatic carbocycles. The van der Waals surface area contributed by atoms with Crippen LogP contribution in [0.2, 0.25) is 0 Å². The van der Waals surface area contributed by atoms with Crippen molar-refractivity contribution in [2.75, 3.05) is 13.6 Å². The summed E-state index contributed by atoms with van der Waals surface area (Å²) in [4.78, 5) is 41.0. The number of hydrogen-bond acceptors (Lipinski definition) is 7. The lowest BCUT2D eigenvalue weighted by Crippen LogP contribution is -2.32. The molecule has 0 unspecified atom stereocenters. The maximum Gasteiger partial charge on any atom is 0.261 e. The van der Waals surface area contributed by atoms with Gasteiger partial charge in [-0.1, -0.05) is 12.1 Å². The number of rotatable bonds is 7. The van der Waals surface area contributed by atoms with Gasteiger partial charge in [0.05, 0.1) is 17.7 Å². The van der Waals surface area contributed by atoms with Gasteiger partial charge in [0.15, 0.2) is 5.82 Å². The number of tetrazole rings is 1. The molecule has 3 aromatic rings. The predicted molar refractivity (Wildman–Crippen MR) is 103 cm³/mol. The number of imide groups is 1. The SMILES string of the molecule is Cc1ccc(CN(C)C(=O)Cn2nnc(CCN3C(=O)c4ccccc4C3=O)n2)o1. The van der Waals surface area contributed by atoms with Crippen molar-refractivity contribution in [2.24, 2.45) is 0 Å². The van der Waals surface area contributed by atoms with Crippen LogP contribution in [0.5, 0.6) is 0 Å². The molecule has 0 aliphatic carbocycles. The summed E-state index contributed by atoms with van der Waals surface area (Å²) in [5.74, 6) is 0.973. The number of carbonyl (C=O) groups is 3. The zero-order chi connectivity index (χ0) is 21.3. The molecular weight excluding hydrogens is 388 g/mol. The Morgan fingerprint density at radius 1 is 1.10 bits per heavy atom. The summed E-state index contributed by atoms with van der Waals surface area (Å²) in [6.45, 7) is 2.25. The molecule has 3 amide bonds. The van der Waals surface area contributed by atoms with E-state index in [9.17, 15) is 14.4 Å². The van der Waals surface area contributed by atoms with Crippen LogP contribution in [0.3, 0.4) is 0 Å². The van der Waals surface area contributed by atoms with Gasteiger partial charge in [-0.05, 0) is 36.4 Å². The summed E-state index contributed by atoms with van der Waals surface area (Å²) in [5.41, 5.74) is 0.805. The number of carbonyl (C=O) groups excluding carboxylic acids is 3. The minimum Gasteiger partial charge on any atom is -0.464 e. The Morgan fingerprint density at radius 3 is 2.43 bits per heavy atom. The van der Waals surface area contributed by atoms with Crippen molar-refractivity contribution in [3.05, 3.63) is 64.9 Å². The highest BCUT2D eigenvalue weighted by Gasteiger charge is 2.34. The third-order valence-corrected chi connectivity index (χ3v) is 4.82. The first-order chi connectivity index (χ1) is 14.4. The Labute approximate surface area is 172 Å². The van der Waals surface area contributed by atoms with Gasteiger partial charge in [-0.2, -0.15) is 4.80 Å². The number of nitrogens with zero attached hydrogens (tertiary/aromatic N) is 6. The van der Waals surface area contributed by atoms with Crippen molar-refractivity contribution < 1.29 is 18.8 Å². The van der Waals surface area contributed by atoms with Crippen LogP contribution in [0, 0.1) is 6.92 Å². The van der Waals surface area contributed by atoms with E-state index < -0.39 is 0 Å². The molecule has 10 nitrogen and oxygen atoms in total. The monoisotopic (exact) mass is 408 g/mol. The molecule has 2 aromatic heterocycles. The molecule has 0 bridgehead atoms. The molecule has 3 heterocycles. The molecule has 0 radical (unpaired) electrons. The molecule has 30 heavy (non-hydrogen) atoms. The van der Waals surface area contributed by atoms with Crippen LogP contribution >= 0.6 is 0 Å². The summed E-state index contributed by atoms with van der Waals surface area (Å²) in [6.07, 6.45) is 0.251. The fourth-order valence-corrected chi connectivity index (χ4v) is 3.23. The molecular formula is C20H20N6O4. The van der Waals surface area contributed by atoms with Gasteiger partial charge in [0.25, 0.3) is 11.8 Å². The van der Waals surface area contributed by atoms with E-state index in [4.69, 9.17) is 4.42 Å². The van der Waals surface area contributed by atoms with Gasteiger partial charge in [0.1, 0.15) is 18.1 Å². The molecule has 4 rings (SSSR count). The Kier molecular flexibility index (Phi) is 5.13. The molecule has 0 N–H and O–H groups in total. The fraction of sp³-hybridized carbons (Fsp3) is 0.300. The molecule has 0 spiro atoms. The number of likely N-dealkylation sites (N-methyl/N-ethyl adjacent to an activating group) is 1. The molecule has 10 heteroatoms. The van der Waals surface area contributed by atoms with Crippen molar-refractivity contribution in [1.29, 1.82) is 0 Å². The summed E-state index contributed by atoms with van der Waals surface area (Å²) >= 11 is 0. The van der Waals surface area contributed by atoms with Crippen molar-refractivity contribution >= 4 is 17.7 Å². The smallest absolute Gasteiger partial charge is 0.261 e. The number of amides is 3. The second kappa shape index (κ2) is 7.90. The van der Waals surface area contributed by atoms with E-state index in [0.717, 1.165) is 5.76 Å². The van der Waals surface area contributed by atoms with Crippen LogP contribution < -0.4 is 0 Å². The quantitative estimate of drug-likeness (QED) is 0.537. The number of hydrogen-bond donors (Lipinski definition) is 0. The first kappa shape index (κ1) is 19.5. The normalized spacial score (nSPS) is 13.1. The Hall–Kier alpha value is -3.82. The largest absolute Gasteiger partial charge is 0.464 e. The second-order valence-corrected chi connectivity index (χ2v) is 7.06. The lowest BCUT2D eigenvalue weighted by atomic mass is 10.1. The van der Waals surface area contributed by atoms with E-state index in [2.05, 4.69) is 15.4 Å². The molecule has 0 saturated heterocycles. The molecule has 1 aliphatic rings. The van der Waals surface area contributed by atoms with E-state index in [0.29, 0.717) is 29.3 Å². The zero-order valence-corrected chi connectivity index (χ0v) is 16.6. The summed E-state index contributed by atoms with van der Waals surface area (Å²) < 4.78 is 5.48. The predicted octanol–water partition coefficient (Wildman–Crippen LogP) is 1.07. The van der Waals surface area contributed by atoms with E-state index in [1.165, 1.54) is 14.6 Å². The van der Waals surface area contributed by atoms with Crippen LogP contribution in [0.15, 0.2) is 40.8 Å². The van der Waals surface area contributed by atoms with E-state index >= 15 is 0 Å². The fourth-order valence-electron chi connectivity index (χ4n) is 3.23. The number of furan rings is 1. The van der Waals surface area contributed by atoms with Crippen molar-refractivity contribution in [2.45, 2.75) is 26.4 Å². The van der Waals surface area contributed by atoms with Crippen molar-refractivity contribution in [3.63, 3.8) is 0 Å². The van der Waals surface area contributed by atoms with Crippen LogP contribution in [-0.4, -0.2) is 61.3 Å².